The van der Waals surface area contributed by atoms with Crippen molar-refractivity contribution in [2.24, 2.45) is 0 Å². The molecule has 13 heavy (non-hydrogen) atoms. The Bertz CT molecular complexity index is 223. The van der Waals surface area contributed by atoms with Gasteiger partial charge in [-0.2, -0.15) is 0 Å². The Balaban J connectivity index is 0. The Morgan fingerprint density at radius 1 is 1.15 bits per heavy atom. The third-order valence-corrected chi connectivity index (χ3v) is 1.76. The Labute approximate surface area is 79.8 Å². The van der Waals surface area contributed by atoms with Gasteiger partial charge < -0.3 is 11.0 Å². The molecule has 1 rings (SSSR count). The fourth-order valence-electron chi connectivity index (χ4n) is 0.903. The molecule has 0 bridgehead atoms. The molecule has 0 saturated heterocycles. The molecule has 2 N–H and O–H groups in total. The van der Waals surface area contributed by atoms with Crippen LogP contribution in [0.25, 0.3) is 0 Å². The van der Waals surface area contributed by atoms with E-state index in [4.69, 9.17) is 12.6 Å². The third kappa shape index (κ3) is 4.08. The summed E-state index contributed by atoms with van der Waals surface area (Å²) in [5.41, 5.74) is 1.94. The summed E-state index contributed by atoms with van der Waals surface area (Å²) in [5, 5.41) is 0. The van der Waals surface area contributed by atoms with E-state index in [1.54, 1.807) is 7.11 Å². The number of hydrogen-bond donors (Lipinski definition) is 0. The van der Waals surface area contributed by atoms with E-state index < -0.39 is 0 Å². The van der Waals surface area contributed by atoms with Crippen LogP contribution in [-0.4, -0.2) is 25.9 Å². The van der Waals surface area contributed by atoms with Gasteiger partial charge in [0.05, 0.1) is 0 Å². The van der Waals surface area contributed by atoms with E-state index in [2.05, 4.69) is 0 Å². The summed E-state index contributed by atoms with van der Waals surface area (Å²) in [6.07, 6.45) is 0.149. The number of rotatable bonds is 2. The van der Waals surface area contributed by atoms with Gasteiger partial charge in [0.2, 0.25) is 0 Å². The average Bonchev–Trinajstić information content (AvgIpc) is 2.05. The zero-order valence-electron chi connectivity index (χ0n) is 7.77. The molecular formula is C9H13BO3. The van der Waals surface area contributed by atoms with Gasteiger partial charge in [-0.3, -0.25) is 0 Å². The maximum Gasteiger partial charge on any atom is -0.870 e. The Morgan fingerprint density at radius 2 is 1.62 bits per heavy atom. The summed E-state index contributed by atoms with van der Waals surface area (Å²) in [6, 6.07) is 7.71. The number of hydrogen-bond acceptors (Lipinski definition) is 3. The second kappa shape index (κ2) is 6.66. The molecule has 70 valence electrons. The third-order valence-electron chi connectivity index (χ3n) is 1.76. The standard InChI is InChI=1S/C9H11BO.2H2O/c1-7(11-2)8-3-5-9(10)6-4-8;;/h3-7H,1-2H3;2*1H2/q+2;;/p-2. The van der Waals surface area contributed by atoms with E-state index in [0.29, 0.717) is 0 Å². The summed E-state index contributed by atoms with van der Waals surface area (Å²) in [5.74, 6) is 0. The van der Waals surface area contributed by atoms with Crippen LogP contribution in [0.2, 0.25) is 0 Å². The van der Waals surface area contributed by atoms with E-state index in [1.807, 2.05) is 31.2 Å². The van der Waals surface area contributed by atoms with Gasteiger partial charge in [-0.05, 0) is 0 Å². The van der Waals surface area contributed by atoms with Gasteiger partial charge in [-0.1, -0.05) is 0 Å². The van der Waals surface area contributed by atoms with Gasteiger partial charge in [0, 0.05) is 0 Å². The average molecular weight is 180 g/mol. The molecule has 1 atom stereocenters. The Morgan fingerprint density at radius 3 is 2.00 bits per heavy atom. The minimum atomic E-state index is 0. The SMILES string of the molecule is [B+2]c1ccc(C(C)OC)cc1.[OH-].[OH-]. The molecule has 0 spiro atoms. The minimum Gasteiger partial charge on any atom is -0.870 e. The predicted octanol–water partition coefficient (Wildman–Crippen LogP) is 0.834. The fourth-order valence-corrected chi connectivity index (χ4v) is 0.903. The van der Waals surface area contributed by atoms with E-state index in [0.717, 1.165) is 11.0 Å². The van der Waals surface area contributed by atoms with Crippen molar-refractivity contribution in [3.63, 3.8) is 0 Å². The molecule has 0 aliphatic carbocycles. The van der Waals surface area contributed by atoms with E-state index in [-0.39, 0.29) is 17.1 Å². The molecule has 1 unspecified atom stereocenters. The Kier molecular flexibility index (Phi) is 7.51. The van der Waals surface area contributed by atoms with E-state index in [9.17, 15) is 0 Å². The first-order valence-corrected chi connectivity index (χ1v) is 3.62. The molecule has 4 heteroatoms. The summed E-state index contributed by atoms with van der Waals surface area (Å²) < 4.78 is 5.14. The first kappa shape index (κ1) is 14.7. The van der Waals surface area contributed by atoms with Gasteiger partial charge in [0.25, 0.3) is 0 Å². The number of benzene rings is 1. The van der Waals surface area contributed by atoms with Crippen molar-refractivity contribution in [3.8, 4) is 0 Å². The predicted molar refractivity (Wildman–Crippen MR) is 51.1 cm³/mol. The van der Waals surface area contributed by atoms with Crippen molar-refractivity contribution in [1.82, 2.24) is 0 Å². The fraction of sp³-hybridized carbons (Fsp3) is 0.333. The van der Waals surface area contributed by atoms with Crippen LogP contribution >= 0.6 is 0 Å². The first-order chi connectivity index (χ1) is 5.24. The van der Waals surface area contributed by atoms with E-state index >= 15 is 0 Å². The molecule has 0 radical (unpaired) electrons. The van der Waals surface area contributed by atoms with Crippen molar-refractivity contribution >= 4 is 13.3 Å². The van der Waals surface area contributed by atoms with Crippen LogP contribution in [0.5, 0.6) is 0 Å². The van der Waals surface area contributed by atoms with Gasteiger partial charge in [0.15, 0.2) is 0 Å². The van der Waals surface area contributed by atoms with Gasteiger partial charge >= 0.3 is 68.0 Å². The zero-order valence-corrected chi connectivity index (χ0v) is 7.77. The van der Waals surface area contributed by atoms with Crippen molar-refractivity contribution in [2.75, 3.05) is 7.11 Å². The van der Waals surface area contributed by atoms with Crippen molar-refractivity contribution in [1.29, 1.82) is 0 Å². The molecule has 0 amide bonds. The van der Waals surface area contributed by atoms with Crippen LogP contribution in [0.4, 0.5) is 0 Å². The number of methoxy groups -OCH3 is 1. The maximum atomic E-state index is 5.53. The van der Waals surface area contributed by atoms with Crippen LogP contribution in [-0.2, 0) is 4.74 Å². The smallest absolute Gasteiger partial charge is 0.870 e. The van der Waals surface area contributed by atoms with E-state index in [1.165, 1.54) is 0 Å². The molecule has 0 heterocycles. The topological polar surface area (TPSA) is 69.2 Å². The molecule has 0 aliphatic heterocycles. The molecular weight excluding hydrogens is 167 g/mol. The van der Waals surface area contributed by atoms with Crippen molar-refractivity contribution in [2.45, 2.75) is 13.0 Å². The Hall–Kier alpha value is -0.835. The monoisotopic (exact) mass is 180 g/mol. The summed E-state index contributed by atoms with van der Waals surface area (Å²) in [7, 11) is 7.22. The van der Waals surface area contributed by atoms with Crippen LogP contribution < -0.4 is 5.46 Å². The summed E-state index contributed by atoms with van der Waals surface area (Å²) in [4.78, 5) is 0. The van der Waals surface area contributed by atoms with Crippen LogP contribution in [0.15, 0.2) is 24.3 Å². The first-order valence-electron chi connectivity index (χ1n) is 3.62. The van der Waals surface area contributed by atoms with Crippen LogP contribution in [0.3, 0.4) is 0 Å². The van der Waals surface area contributed by atoms with Gasteiger partial charge in [0.1, 0.15) is 0 Å². The van der Waals surface area contributed by atoms with Crippen molar-refractivity contribution < 1.29 is 15.7 Å². The largest absolute Gasteiger partial charge is 0.870 e. The maximum absolute atomic E-state index is 5.53. The van der Waals surface area contributed by atoms with Crippen LogP contribution in [0, 0.1) is 0 Å². The molecule has 0 fully saturated rings. The van der Waals surface area contributed by atoms with Crippen molar-refractivity contribution in [3.05, 3.63) is 29.8 Å². The van der Waals surface area contributed by atoms with Crippen LogP contribution in [0.1, 0.15) is 18.6 Å². The number of ether oxygens (including phenoxy) is 1. The van der Waals surface area contributed by atoms with Gasteiger partial charge in [-0.15, -0.1) is 0 Å². The zero-order chi connectivity index (χ0) is 8.27. The quantitative estimate of drug-likeness (QED) is 0.633. The molecule has 0 saturated carbocycles. The molecule has 3 nitrogen and oxygen atoms in total. The van der Waals surface area contributed by atoms with Gasteiger partial charge in [-0.25, -0.2) is 0 Å². The molecule has 1 aromatic carbocycles. The minimum absolute atomic E-state index is 0. The summed E-state index contributed by atoms with van der Waals surface area (Å²) in [6.45, 7) is 2.01. The molecule has 0 aromatic heterocycles. The second-order valence-corrected chi connectivity index (χ2v) is 2.54. The molecule has 0 aliphatic rings. The second-order valence-electron chi connectivity index (χ2n) is 2.54. The molecule has 1 aromatic rings. The normalized spacial score (nSPS) is 11.1. The summed E-state index contributed by atoms with van der Waals surface area (Å²) >= 11 is 0.